The Bertz CT molecular complexity index is 737. The van der Waals surface area contributed by atoms with Crippen LogP contribution in [0, 0.1) is 0 Å². The maximum absolute atomic E-state index is 13.0. The topological polar surface area (TPSA) is 20.3 Å². The normalized spacial score (nSPS) is 19.8. The average Bonchev–Trinajstić information content (AvgIpc) is 3.34. The Kier molecular flexibility index (Phi) is 4.64. The first-order valence-electron chi connectivity index (χ1n) is 8.85. The van der Waals surface area contributed by atoms with Gasteiger partial charge in [-0.1, -0.05) is 35.9 Å². The fourth-order valence-corrected chi connectivity index (χ4v) is 4.93. The van der Waals surface area contributed by atoms with Gasteiger partial charge in [-0.2, -0.15) is 0 Å². The van der Waals surface area contributed by atoms with E-state index in [1.54, 1.807) is 11.3 Å². The molecule has 0 aliphatic heterocycles. The predicted octanol–water partition coefficient (Wildman–Crippen LogP) is 5.40. The number of hydrogen-bond donors (Lipinski definition) is 0. The summed E-state index contributed by atoms with van der Waals surface area (Å²) in [5.74, 6) is 0.309. The van der Waals surface area contributed by atoms with Crippen LogP contribution < -0.4 is 0 Å². The van der Waals surface area contributed by atoms with Crippen LogP contribution in [0.3, 0.4) is 0 Å². The largest absolute Gasteiger partial charge is 0.333 e. The van der Waals surface area contributed by atoms with E-state index in [1.165, 1.54) is 22.4 Å². The number of benzene rings is 1. The van der Waals surface area contributed by atoms with Crippen LogP contribution >= 0.6 is 22.9 Å². The second-order valence-corrected chi connectivity index (χ2v) is 8.64. The molecule has 1 amide bonds. The number of nitrogens with zero attached hydrogens (tertiary/aromatic N) is 1. The van der Waals surface area contributed by atoms with E-state index in [4.69, 9.17) is 11.6 Å². The van der Waals surface area contributed by atoms with Crippen molar-refractivity contribution < 1.29 is 4.79 Å². The maximum Gasteiger partial charge on any atom is 0.223 e. The highest BCUT2D eigenvalue weighted by Crippen LogP contribution is 2.41. The Morgan fingerprint density at radius 1 is 1.17 bits per heavy atom. The minimum atomic E-state index is 0.280. The molecule has 126 valence electrons. The summed E-state index contributed by atoms with van der Waals surface area (Å²) in [4.78, 5) is 16.4. The third kappa shape index (κ3) is 3.38. The van der Waals surface area contributed by atoms with Gasteiger partial charge in [0.15, 0.2) is 0 Å². The van der Waals surface area contributed by atoms with Crippen LogP contribution in [-0.4, -0.2) is 16.8 Å². The van der Waals surface area contributed by atoms with E-state index in [1.807, 2.05) is 12.1 Å². The molecule has 0 bridgehead atoms. The van der Waals surface area contributed by atoms with E-state index in [0.29, 0.717) is 18.4 Å². The summed E-state index contributed by atoms with van der Waals surface area (Å²) in [5, 5.41) is 0. The molecule has 1 heterocycles. The Morgan fingerprint density at radius 2 is 2.00 bits per heavy atom. The van der Waals surface area contributed by atoms with Gasteiger partial charge < -0.3 is 4.90 Å². The van der Waals surface area contributed by atoms with Gasteiger partial charge in [0.2, 0.25) is 5.91 Å². The number of fused-ring (bicyclic) bond motifs is 1. The molecule has 1 fully saturated rings. The smallest absolute Gasteiger partial charge is 0.223 e. The Labute approximate surface area is 152 Å². The molecule has 1 aromatic carbocycles. The number of amides is 1. The van der Waals surface area contributed by atoms with Crippen molar-refractivity contribution in [3.63, 3.8) is 0 Å². The van der Waals surface area contributed by atoms with Crippen LogP contribution in [0.25, 0.3) is 0 Å². The van der Waals surface area contributed by atoms with Crippen molar-refractivity contribution in [3.05, 3.63) is 56.7 Å². The molecule has 24 heavy (non-hydrogen) atoms. The third-order valence-corrected chi connectivity index (χ3v) is 6.41. The summed E-state index contributed by atoms with van der Waals surface area (Å²) in [6.45, 7) is 0. The van der Waals surface area contributed by atoms with E-state index in [2.05, 4.69) is 29.2 Å². The van der Waals surface area contributed by atoms with Gasteiger partial charge in [0, 0.05) is 17.3 Å². The first-order valence-corrected chi connectivity index (χ1v) is 10.0. The lowest BCUT2D eigenvalue weighted by molar-refractivity contribution is -0.134. The van der Waals surface area contributed by atoms with Crippen molar-refractivity contribution >= 4 is 28.8 Å². The number of hydrogen-bond acceptors (Lipinski definition) is 2. The van der Waals surface area contributed by atoms with Gasteiger partial charge in [-0.05, 0) is 61.8 Å². The standard InChI is InChI=1S/C20H22ClNOS/c21-19-12-10-16(24-19)11-13-20(23)22(15-8-9-15)18-7-3-5-14-4-1-2-6-17(14)18/h1-2,4,6,10,12,15,18H,3,5,7-9,11,13H2. The molecule has 1 saturated carbocycles. The molecular weight excluding hydrogens is 338 g/mol. The third-order valence-electron chi connectivity index (χ3n) is 5.12. The van der Waals surface area contributed by atoms with E-state index in [0.717, 1.165) is 36.4 Å². The highest BCUT2D eigenvalue weighted by Gasteiger charge is 2.39. The first kappa shape index (κ1) is 16.2. The Balaban J connectivity index is 1.51. The Hall–Kier alpha value is -1.32. The highest BCUT2D eigenvalue weighted by atomic mass is 35.5. The van der Waals surface area contributed by atoms with Crippen molar-refractivity contribution in [2.75, 3.05) is 0 Å². The van der Waals surface area contributed by atoms with Crippen molar-refractivity contribution in [1.29, 1.82) is 0 Å². The van der Waals surface area contributed by atoms with Crippen LogP contribution in [0.2, 0.25) is 4.34 Å². The van der Waals surface area contributed by atoms with E-state index >= 15 is 0 Å². The maximum atomic E-state index is 13.0. The number of carbonyl (C=O) groups excluding carboxylic acids is 1. The summed E-state index contributed by atoms with van der Waals surface area (Å²) in [6.07, 6.45) is 7.14. The van der Waals surface area contributed by atoms with E-state index < -0.39 is 0 Å². The monoisotopic (exact) mass is 359 g/mol. The van der Waals surface area contributed by atoms with Gasteiger partial charge in [-0.25, -0.2) is 0 Å². The first-order chi connectivity index (χ1) is 11.7. The predicted molar refractivity (Wildman–Crippen MR) is 99.6 cm³/mol. The van der Waals surface area contributed by atoms with Crippen molar-refractivity contribution in [3.8, 4) is 0 Å². The molecule has 4 heteroatoms. The molecule has 2 aliphatic rings. The average molecular weight is 360 g/mol. The van der Waals surface area contributed by atoms with Crippen LogP contribution in [0.5, 0.6) is 0 Å². The van der Waals surface area contributed by atoms with Crippen molar-refractivity contribution in [2.45, 2.75) is 57.0 Å². The van der Waals surface area contributed by atoms with Crippen molar-refractivity contribution in [1.82, 2.24) is 4.90 Å². The van der Waals surface area contributed by atoms with Gasteiger partial charge in [-0.3, -0.25) is 4.79 Å². The second-order valence-electron chi connectivity index (χ2n) is 6.84. The zero-order valence-electron chi connectivity index (χ0n) is 13.7. The van der Waals surface area contributed by atoms with Gasteiger partial charge in [0.25, 0.3) is 0 Å². The number of aryl methyl sites for hydroxylation is 2. The summed E-state index contributed by atoms with van der Waals surface area (Å²) in [5.41, 5.74) is 2.81. The highest BCUT2D eigenvalue weighted by molar-refractivity contribution is 7.16. The lowest BCUT2D eigenvalue weighted by Gasteiger charge is -2.36. The molecule has 2 aliphatic carbocycles. The summed E-state index contributed by atoms with van der Waals surface area (Å²) >= 11 is 7.58. The number of rotatable bonds is 5. The molecule has 1 atom stereocenters. The van der Waals surface area contributed by atoms with Crippen LogP contribution in [0.4, 0.5) is 0 Å². The fourth-order valence-electron chi connectivity index (χ4n) is 3.85. The van der Waals surface area contributed by atoms with Gasteiger partial charge in [0.05, 0.1) is 10.4 Å². The molecule has 2 nitrogen and oxygen atoms in total. The molecule has 1 aromatic heterocycles. The number of halogens is 1. The lowest BCUT2D eigenvalue weighted by atomic mass is 9.86. The van der Waals surface area contributed by atoms with Gasteiger partial charge >= 0.3 is 0 Å². The van der Waals surface area contributed by atoms with Gasteiger partial charge in [-0.15, -0.1) is 11.3 Å². The Morgan fingerprint density at radius 3 is 2.75 bits per heavy atom. The summed E-state index contributed by atoms with van der Waals surface area (Å²) in [7, 11) is 0. The number of carbonyl (C=O) groups is 1. The minimum Gasteiger partial charge on any atom is -0.333 e. The summed E-state index contributed by atoms with van der Waals surface area (Å²) < 4.78 is 0.803. The van der Waals surface area contributed by atoms with Gasteiger partial charge in [0.1, 0.15) is 0 Å². The lowest BCUT2D eigenvalue weighted by Crippen LogP contribution is -2.38. The molecule has 0 spiro atoms. The molecule has 0 radical (unpaired) electrons. The molecule has 0 saturated heterocycles. The van der Waals surface area contributed by atoms with Crippen LogP contribution in [0.1, 0.15) is 54.1 Å². The SMILES string of the molecule is O=C(CCc1ccc(Cl)s1)N(C1CC1)C1CCCc2ccccc21. The second kappa shape index (κ2) is 6.89. The summed E-state index contributed by atoms with van der Waals surface area (Å²) in [6, 6.07) is 13.4. The van der Waals surface area contributed by atoms with E-state index in [-0.39, 0.29) is 6.04 Å². The zero-order valence-corrected chi connectivity index (χ0v) is 15.3. The molecular formula is C20H22ClNOS. The molecule has 2 aromatic rings. The van der Waals surface area contributed by atoms with E-state index in [9.17, 15) is 4.79 Å². The quantitative estimate of drug-likeness (QED) is 0.699. The molecule has 4 rings (SSSR count). The minimum absolute atomic E-state index is 0.280. The molecule has 1 unspecified atom stereocenters. The van der Waals surface area contributed by atoms with Crippen LogP contribution in [0.15, 0.2) is 36.4 Å². The number of thiophene rings is 1. The molecule has 0 N–H and O–H groups in total. The van der Waals surface area contributed by atoms with Crippen LogP contribution in [-0.2, 0) is 17.6 Å². The van der Waals surface area contributed by atoms with Crippen molar-refractivity contribution in [2.24, 2.45) is 0 Å². The zero-order chi connectivity index (χ0) is 16.5. The fraction of sp³-hybridized carbons (Fsp3) is 0.450.